The Morgan fingerprint density at radius 2 is 1.68 bits per heavy atom. The second-order valence-electron chi connectivity index (χ2n) is 6.20. The number of alkyl halides is 1. The lowest BCUT2D eigenvalue weighted by Crippen LogP contribution is -2.40. The molecule has 1 atom stereocenters. The van der Waals surface area contributed by atoms with Gasteiger partial charge in [0.15, 0.2) is 0 Å². The van der Waals surface area contributed by atoms with Crippen molar-refractivity contribution in [2.24, 2.45) is 5.92 Å². The fourth-order valence-corrected chi connectivity index (χ4v) is 3.83. The Morgan fingerprint density at radius 1 is 1.00 bits per heavy atom. The quantitative estimate of drug-likeness (QED) is 0.703. The molecule has 1 aliphatic heterocycles. The third kappa shape index (κ3) is 4.37. The molecule has 1 saturated heterocycles. The number of nitrogens with zero attached hydrogens (tertiary/aromatic N) is 1. The summed E-state index contributed by atoms with van der Waals surface area (Å²) in [5, 5.41) is 0. The van der Waals surface area contributed by atoms with Gasteiger partial charge in [-0.05, 0) is 38.5 Å². The molecule has 2 aliphatic rings. The number of carbonyl (C=O) groups excluding carboxylic acids is 1. The molecule has 0 radical (unpaired) electrons. The first-order valence-electron chi connectivity index (χ1n) is 8.19. The van der Waals surface area contributed by atoms with Gasteiger partial charge in [-0.15, -0.1) is 11.6 Å². The molecule has 0 aromatic carbocycles. The first kappa shape index (κ1) is 15.2. The Hall–Kier alpha value is -0.240. The standard InChI is InChI=1S/C16H28ClNO/c17-12-6-10-15-11-7-13-18(15)16(19)14-8-4-2-1-3-5-9-14/h14-15H,1-13H2. The fourth-order valence-electron chi connectivity index (χ4n) is 3.68. The van der Waals surface area contributed by atoms with Crippen molar-refractivity contribution in [2.75, 3.05) is 12.4 Å². The molecule has 1 saturated carbocycles. The van der Waals surface area contributed by atoms with E-state index in [-0.39, 0.29) is 0 Å². The van der Waals surface area contributed by atoms with Crippen molar-refractivity contribution in [3.63, 3.8) is 0 Å². The molecule has 0 spiro atoms. The van der Waals surface area contributed by atoms with E-state index in [0.717, 1.165) is 38.1 Å². The Morgan fingerprint density at radius 3 is 2.37 bits per heavy atom. The van der Waals surface area contributed by atoms with Gasteiger partial charge in [-0.2, -0.15) is 0 Å². The molecule has 1 amide bonds. The molecule has 3 heteroatoms. The predicted octanol–water partition coefficient (Wildman–Crippen LogP) is 4.36. The first-order valence-corrected chi connectivity index (χ1v) is 8.73. The molecule has 0 aromatic heterocycles. The SMILES string of the molecule is O=C(C1CCCCCCC1)N1CCCC1CCCCl. The third-order valence-corrected chi connectivity index (χ3v) is 5.05. The normalized spacial score (nSPS) is 26.2. The van der Waals surface area contributed by atoms with E-state index < -0.39 is 0 Å². The van der Waals surface area contributed by atoms with Gasteiger partial charge in [-0.3, -0.25) is 4.79 Å². The Labute approximate surface area is 122 Å². The van der Waals surface area contributed by atoms with Crippen LogP contribution in [0.1, 0.15) is 70.6 Å². The summed E-state index contributed by atoms with van der Waals surface area (Å²) in [7, 11) is 0. The van der Waals surface area contributed by atoms with E-state index in [1.54, 1.807) is 0 Å². The Kier molecular flexibility index (Phi) is 6.49. The molecule has 110 valence electrons. The zero-order chi connectivity index (χ0) is 13.5. The molecular weight excluding hydrogens is 258 g/mol. The van der Waals surface area contributed by atoms with Crippen molar-refractivity contribution < 1.29 is 4.79 Å². The number of amides is 1. The van der Waals surface area contributed by atoms with E-state index in [9.17, 15) is 4.79 Å². The summed E-state index contributed by atoms with van der Waals surface area (Å²) >= 11 is 5.79. The zero-order valence-corrected chi connectivity index (χ0v) is 12.8. The Balaban J connectivity index is 1.88. The molecule has 0 aromatic rings. The highest BCUT2D eigenvalue weighted by molar-refractivity contribution is 6.17. The van der Waals surface area contributed by atoms with Gasteiger partial charge in [-0.1, -0.05) is 32.1 Å². The van der Waals surface area contributed by atoms with Crippen molar-refractivity contribution >= 4 is 17.5 Å². The highest BCUT2D eigenvalue weighted by Crippen LogP contribution is 2.29. The van der Waals surface area contributed by atoms with Crippen LogP contribution in [0.2, 0.25) is 0 Å². The van der Waals surface area contributed by atoms with Gasteiger partial charge in [0, 0.05) is 24.4 Å². The van der Waals surface area contributed by atoms with Crippen molar-refractivity contribution in [3.8, 4) is 0 Å². The maximum atomic E-state index is 12.7. The van der Waals surface area contributed by atoms with Crippen LogP contribution in [0.3, 0.4) is 0 Å². The first-order chi connectivity index (χ1) is 9.33. The number of halogens is 1. The van der Waals surface area contributed by atoms with Crippen molar-refractivity contribution in [1.29, 1.82) is 0 Å². The van der Waals surface area contributed by atoms with Gasteiger partial charge in [0.05, 0.1) is 0 Å². The third-order valence-electron chi connectivity index (χ3n) is 4.79. The maximum Gasteiger partial charge on any atom is 0.225 e. The molecule has 0 bridgehead atoms. The minimum Gasteiger partial charge on any atom is -0.339 e. The summed E-state index contributed by atoms with van der Waals surface area (Å²) in [5.41, 5.74) is 0. The van der Waals surface area contributed by atoms with Crippen LogP contribution in [0.4, 0.5) is 0 Å². The van der Waals surface area contributed by atoms with Crippen LogP contribution < -0.4 is 0 Å². The van der Waals surface area contributed by atoms with Gasteiger partial charge in [0.25, 0.3) is 0 Å². The van der Waals surface area contributed by atoms with E-state index in [4.69, 9.17) is 11.6 Å². The van der Waals surface area contributed by atoms with E-state index >= 15 is 0 Å². The smallest absolute Gasteiger partial charge is 0.225 e. The number of rotatable bonds is 4. The van der Waals surface area contributed by atoms with E-state index in [1.165, 1.54) is 44.9 Å². The molecular formula is C16H28ClNO. The van der Waals surface area contributed by atoms with Gasteiger partial charge >= 0.3 is 0 Å². The summed E-state index contributed by atoms with van der Waals surface area (Å²) in [6.45, 7) is 0.988. The van der Waals surface area contributed by atoms with E-state index in [2.05, 4.69) is 4.90 Å². The molecule has 2 rings (SSSR count). The lowest BCUT2D eigenvalue weighted by molar-refractivity contribution is -0.137. The van der Waals surface area contributed by atoms with E-state index in [1.807, 2.05) is 0 Å². The van der Waals surface area contributed by atoms with E-state index in [0.29, 0.717) is 17.9 Å². The molecule has 19 heavy (non-hydrogen) atoms. The average molecular weight is 286 g/mol. The monoisotopic (exact) mass is 285 g/mol. The minimum atomic E-state index is 0.317. The summed E-state index contributed by atoms with van der Waals surface area (Å²) in [6, 6.07) is 0.483. The summed E-state index contributed by atoms with van der Waals surface area (Å²) in [5.74, 6) is 1.50. The van der Waals surface area contributed by atoms with Gasteiger partial charge < -0.3 is 4.90 Å². The molecule has 1 aliphatic carbocycles. The molecule has 1 heterocycles. The van der Waals surface area contributed by atoms with Crippen LogP contribution in [0.15, 0.2) is 0 Å². The van der Waals surface area contributed by atoms with Crippen molar-refractivity contribution in [1.82, 2.24) is 4.90 Å². The lowest BCUT2D eigenvalue weighted by Gasteiger charge is -2.29. The van der Waals surface area contributed by atoms with Crippen LogP contribution in [0.25, 0.3) is 0 Å². The summed E-state index contributed by atoms with van der Waals surface area (Å²) < 4.78 is 0. The number of hydrogen-bond acceptors (Lipinski definition) is 1. The van der Waals surface area contributed by atoms with Gasteiger partial charge in [0.2, 0.25) is 5.91 Å². The second-order valence-corrected chi connectivity index (χ2v) is 6.58. The minimum absolute atomic E-state index is 0.317. The number of likely N-dealkylation sites (tertiary alicyclic amines) is 1. The highest BCUT2D eigenvalue weighted by atomic mass is 35.5. The fraction of sp³-hybridized carbons (Fsp3) is 0.938. The average Bonchev–Trinajstić information content (AvgIpc) is 2.83. The van der Waals surface area contributed by atoms with Crippen molar-refractivity contribution in [3.05, 3.63) is 0 Å². The second kappa shape index (κ2) is 8.14. The van der Waals surface area contributed by atoms with Crippen LogP contribution in [-0.2, 0) is 4.79 Å². The number of hydrogen-bond donors (Lipinski definition) is 0. The molecule has 1 unspecified atom stereocenters. The van der Waals surface area contributed by atoms with Crippen LogP contribution >= 0.6 is 11.6 Å². The largest absolute Gasteiger partial charge is 0.339 e. The van der Waals surface area contributed by atoms with Crippen LogP contribution in [-0.4, -0.2) is 29.3 Å². The summed E-state index contributed by atoms with van der Waals surface area (Å²) in [4.78, 5) is 14.9. The molecule has 2 fully saturated rings. The van der Waals surface area contributed by atoms with Gasteiger partial charge in [0.1, 0.15) is 0 Å². The molecule has 0 N–H and O–H groups in total. The van der Waals surface area contributed by atoms with Gasteiger partial charge in [-0.25, -0.2) is 0 Å². The lowest BCUT2D eigenvalue weighted by atomic mass is 9.90. The van der Waals surface area contributed by atoms with Crippen LogP contribution in [0, 0.1) is 5.92 Å². The maximum absolute atomic E-state index is 12.7. The number of carbonyl (C=O) groups is 1. The predicted molar refractivity (Wildman–Crippen MR) is 80.5 cm³/mol. The highest BCUT2D eigenvalue weighted by Gasteiger charge is 2.32. The topological polar surface area (TPSA) is 20.3 Å². The summed E-state index contributed by atoms with van der Waals surface area (Å²) in [6.07, 6.45) is 13.3. The molecule has 2 nitrogen and oxygen atoms in total. The Bertz CT molecular complexity index is 274. The zero-order valence-electron chi connectivity index (χ0n) is 12.1. The van der Waals surface area contributed by atoms with Crippen molar-refractivity contribution in [2.45, 2.75) is 76.7 Å². The van der Waals surface area contributed by atoms with Crippen LogP contribution in [0.5, 0.6) is 0 Å².